The van der Waals surface area contributed by atoms with Crippen LogP contribution in [0.1, 0.15) is 57.1 Å². The third-order valence-corrected chi connectivity index (χ3v) is 3.22. The lowest BCUT2D eigenvalue weighted by Gasteiger charge is -2.05. The van der Waals surface area contributed by atoms with Crippen molar-refractivity contribution in [1.82, 2.24) is 5.32 Å². The summed E-state index contributed by atoms with van der Waals surface area (Å²) in [6.45, 7) is 6.62. The number of benzene rings is 1. The lowest BCUT2D eigenvalue weighted by molar-refractivity contribution is 0.583. The summed E-state index contributed by atoms with van der Waals surface area (Å²) in [4.78, 5) is 0. The molecular weight excluding hydrogens is 242 g/mol. The molecule has 0 saturated heterocycles. The summed E-state index contributed by atoms with van der Waals surface area (Å²) in [7, 11) is 0. The fourth-order valence-electron chi connectivity index (χ4n) is 1.98. The zero-order valence-electron chi connectivity index (χ0n) is 11.9. The Balaban J connectivity index is 0.00000289. The van der Waals surface area contributed by atoms with Crippen molar-refractivity contribution in [2.45, 2.75) is 58.9 Å². The van der Waals surface area contributed by atoms with Gasteiger partial charge >= 0.3 is 0 Å². The topological polar surface area (TPSA) is 12.0 Å². The molecule has 1 rings (SSSR count). The van der Waals surface area contributed by atoms with Crippen molar-refractivity contribution in [3.8, 4) is 0 Å². The van der Waals surface area contributed by atoms with Crippen molar-refractivity contribution < 1.29 is 0 Å². The minimum absolute atomic E-state index is 0. The van der Waals surface area contributed by atoms with Crippen molar-refractivity contribution in [2.75, 3.05) is 6.54 Å². The van der Waals surface area contributed by atoms with E-state index in [1.165, 1.54) is 43.2 Å². The van der Waals surface area contributed by atoms with Crippen LogP contribution in [0.4, 0.5) is 0 Å². The lowest BCUT2D eigenvalue weighted by atomic mass is 10.1. The second kappa shape index (κ2) is 11.6. The van der Waals surface area contributed by atoms with E-state index in [1.54, 1.807) is 0 Å². The number of unbranched alkanes of at least 4 members (excludes halogenated alkanes) is 4. The fraction of sp³-hybridized carbons (Fsp3) is 0.625. The predicted molar refractivity (Wildman–Crippen MR) is 83.5 cm³/mol. The SMILES string of the molecule is CCCCCCCNCc1ccc(CC)cc1.Cl. The number of hydrogen-bond acceptors (Lipinski definition) is 1. The van der Waals surface area contributed by atoms with Crippen molar-refractivity contribution in [2.24, 2.45) is 0 Å². The summed E-state index contributed by atoms with van der Waals surface area (Å²) in [5.41, 5.74) is 2.82. The highest BCUT2D eigenvalue weighted by Crippen LogP contribution is 2.05. The molecule has 18 heavy (non-hydrogen) atoms. The number of hydrogen-bond donors (Lipinski definition) is 1. The van der Waals surface area contributed by atoms with Gasteiger partial charge in [0, 0.05) is 6.54 Å². The summed E-state index contributed by atoms with van der Waals surface area (Å²) in [5, 5.41) is 3.52. The van der Waals surface area contributed by atoms with Gasteiger partial charge in [-0.2, -0.15) is 0 Å². The standard InChI is InChI=1S/C16H27N.ClH/c1-3-5-6-7-8-13-17-14-16-11-9-15(4-2)10-12-16;/h9-12,17H,3-8,13-14H2,1-2H3;1H. The first kappa shape index (κ1) is 17.5. The first-order valence-corrected chi connectivity index (χ1v) is 7.15. The van der Waals surface area contributed by atoms with Crippen molar-refractivity contribution >= 4 is 12.4 Å². The molecule has 0 aliphatic carbocycles. The van der Waals surface area contributed by atoms with E-state index in [1.807, 2.05) is 0 Å². The van der Waals surface area contributed by atoms with Gasteiger partial charge in [-0.15, -0.1) is 12.4 Å². The van der Waals surface area contributed by atoms with Gasteiger partial charge in [-0.05, 0) is 30.5 Å². The van der Waals surface area contributed by atoms with Crippen LogP contribution in [0.2, 0.25) is 0 Å². The maximum Gasteiger partial charge on any atom is 0.0205 e. The van der Waals surface area contributed by atoms with Gasteiger partial charge in [-0.3, -0.25) is 0 Å². The van der Waals surface area contributed by atoms with Gasteiger partial charge < -0.3 is 5.32 Å². The Morgan fingerprint density at radius 3 is 2.06 bits per heavy atom. The first-order chi connectivity index (χ1) is 8.36. The van der Waals surface area contributed by atoms with E-state index in [0.717, 1.165) is 19.5 Å². The monoisotopic (exact) mass is 269 g/mol. The Bertz CT molecular complexity index is 282. The number of rotatable bonds is 9. The second-order valence-corrected chi connectivity index (χ2v) is 4.76. The van der Waals surface area contributed by atoms with Gasteiger partial charge in [0.2, 0.25) is 0 Å². The molecule has 0 aromatic heterocycles. The molecule has 1 N–H and O–H groups in total. The largest absolute Gasteiger partial charge is 0.313 e. The van der Waals surface area contributed by atoms with Crippen LogP contribution in [0.25, 0.3) is 0 Å². The molecule has 0 aliphatic rings. The molecule has 104 valence electrons. The summed E-state index contributed by atoms with van der Waals surface area (Å²) >= 11 is 0. The van der Waals surface area contributed by atoms with E-state index in [-0.39, 0.29) is 12.4 Å². The highest BCUT2D eigenvalue weighted by atomic mass is 35.5. The van der Waals surface area contributed by atoms with Gasteiger partial charge in [0.1, 0.15) is 0 Å². The summed E-state index contributed by atoms with van der Waals surface area (Å²) in [6, 6.07) is 8.95. The molecule has 1 aromatic rings. The van der Waals surface area contributed by atoms with E-state index in [0.29, 0.717) is 0 Å². The molecular formula is C16H28ClN. The summed E-state index contributed by atoms with van der Waals surface area (Å²) in [5.74, 6) is 0. The molecule has 0 radical (unpaired) electrons. The molecule has 0 fully saturated rings. The Labute approximate surface area is 119 Å². The van der Waals surface area contributed by atoms with E-state index >= 15 is 0 Å². The Kier molecular flexibility index (Phi) is 11.2. The zero-order valence-corrected chi connectivity index (χ0v) is 12.7. The molecule has 0 spiro atoms. The van der Waals surface area contributed by atoms with Gasteiger partial charge in [0.25, 0.3) is 0 Å². The highest BCUT2D eigenvalue weighted by molar-refractivity contribution is 5.85. The minimum Gasteiger partial charge on any atom is -0.313 e. The molecule has 2 heteroatoms. The van der Waals surface area contributed by atoms with Gasteiger partial charge in [-0.25, -0.2) is 0 Å². The molecule has 0 unspecified atom stereocenters. The van der Waals surface area contributed by atoms with Crippen LogP contribution in [0, 0.1) is 0 Å². The fourth-order valence-corrected chi connectivity index (χ4v) is 1.98. The van der Waals surface area contributed by atoms with Crippen LogP contribution < -0.4 is 5.32 Å². The minimum atomic E-state index is 0. The van der Waals surface area contributed by atoms with Gasteiger partial charge in [0.15, 0.2) is 0 Å². The second-order valence-electron chi connectivity index (χ2n) is 4.76. The number of aryl methyl sites for hydroxylation is 1. The Morgan fingerprint density at radius 2 is 1.44 bits per heavy atom. The molecule has 0 saturated carbocycles. The highest BCUT2D eigenvalue weighted by Gasteiger charge is 1.93. The summed E-state index contributed by atoms with van der Waals surface area (Å²) < 4.78 is 0. The number of halogens is 1. The number of nitrogens with one attached hydrogen (secondary N) is 1. The first-order valence-electron chi connectivity index (χ1n) is 7.15. The van der Waals surface area contributed by atoms with Crippen LogP contribution in [-0.4, -0.2) is 6.54 Å². The normalized spacial score (nSPS) is 10.1. The molecule has 0 bridgehead atoms. The predicted octanol–water partition coefficient (Wildman–Crippen LogP) is 4.73. The maximum atomic E-state index is 3.52. The van der Waals surface area contributed by atoms with E-state index in [9.17, 15) is 0 Å². The molecule has 1 aromatic carbocycles. The average Bonchev–Trinajstić information content (AvgIpc) is 2.38. The van der Waals surface area contributed by atoms with Crippen molar-refractivity contribution in [1.29, 1.82) is 0 Å². The van der Waals surface area contributed by atoms with E-state index in [2.05, 4.69) is 43.4 Å². The maximum absolute atomic E-state index is 3.52. The van der Waals surface area contributed by atoms with Crippen LogP contribution in [0.15, 0.2) is 24.3 Å². The smallest absolute Gasteiger partial charge is 0.0205 e. The zero-order chi connectivity index (χ0) is 12.3. The Morgan fingerprint density at radius 1 is 0.833 bits per heavy atom. The molecule has 0 atom stereocenters. The lowest BCUT2D eigenvalue weighted by Crippen LogP contribution is -2.14. The summed E-state index contributed by atoms with van der Waals surface area (Å²) in [6.07, 6.45) is 7.92. The third-order valence-electron chi connectivity index (χ3n) is 3.22. The van der Waals surface area contributed by atoms with E-state index < -0.39 is 0 Å². The van der Waals surface area contributed by atoms with Crippen molar-refractivity contribution in [3.05, 3.63) is 35.4 Å². The van der Waals surface area contributed by atoms with Gasteiger partial charge in [-0.1, -0.05) is 63.8 Å². The third kappa shape index (κ3) is 7.73. The van der Waals surface area contributed by atoms with Gasteiger partial charge in [0.05, 0.1) is 0 Å². The molecule has 0 aliphatic heterocycles. The molecule has 0 amide bonds. The van der Waals surface area contributed by atoms with E-state index in [4.69, 9.17) is 0 Å². The quantitative estimate of drug-likeness (QED) is 0.639. The molecule has 0 heterocycles. The van der Waals surface area contributed by atoms with Crippen molar-refractivity contribution in [3.63, 3.8) is 0 Å². The van der Waals surface area contributed by atoms with Crippen LogP contribution in [-0.2, 0) is 13.0 Å². The average molecular weight is 270 g/mol. The molecule has 1 nitrogen and oxygen atoms in total. The van der Waals surface area contributed by atoms with Crippen LogP contribution in [0.5, 0.6) is 0 Å². The van der Waals surface area contributed by atoms with Crippen LogP contribution in [0.3, 0.4) is 0 Å². The Hall–Kier alpha value is -0.530. The van der Waals surface area contributed by atoms with Crippen LogP contribution >= 0.6 is 12.4 Å².